The Morgan fingerprint density at radius 1 is 1.08 bits per heavy atom. The van der Waals surface area contributed by atoms with Crippen LogP contribution in [0.25, 0.3) is 27.7 Å². The van der Waals surface area contributed by atoms with Gasteiger partial charge >= 0.3 is 0 Å². The van der Waals surface area contributed by atoms with Crippen molar-refractivity contribution in [3.8, 4) is 0 Å². The van der Waals surface area contributed by atoms with Gasteiger partial charge in [-0.05, 0) is 63.0 Å². The fourth-order valence-electron chi connectivity index (χ4n) is 6.12. The molecule has 2 aliphatic heterocycles. The third kappa shape index (κ3) is 4.06. The van der Waals surface area contributed by atoms with E-state index >= 15 is 0 Å². The molecule has 1 aromatic carbocycles. The lowest BCUT2D eigenvalue weighted by Crippen LogP contribution is -2.36. The Morgan fingerprint density at radius 3 is 2.65 bits per heavy atom. The molecule has 194 valence electrons. The molecular weight excluding hydrogens is 468 g/mol. The Balaban J connectivity index is 1.50. The summed E-state index contributed by atoms with van der Waals surface area (Å²) >= 11 is 0. The smallest absolute Gasteiger partial charge is 0.259 e. The highest BCUT2D eigenvalue weighted by Gasteiger charge is 2.28. The maximum Gasteiger partial charge on any atom is 0.259 e. The minimum atomic E-state index is -0.335. The van der Waals surface area contributed by atoms with Crippen molar-refractivity contribution in [2.24, 2.45) is 7.05 Å². The van der Waals surface area contributed by atoms with Gasteiger partial charge in [-0.15, -0.1) is 0 Å². The predicted molar refractivity (Wildman–Crippen MR) is 146 cm³/mol. The second kappa shape index (κ2) is 9.79. The van der Waals surface area contributed by atoms with Crippen molar-refractivity contribution in [2.45, 2.75) is 31.7 Å². The summed E-state index contributed by atoms with van der Waals surface area (Å²) in [4.78, 5) is 37.0. The fraction of sp³-hybridized carbons (Fsp3) is 0.464. The number of rotatable bonds is 7. The van der Waals surface area contributed by atoms with Crippen molar-refractivity contribution >= 4 is 39.4 Å². The van der Waals surface area contributed by atoms with Crippen LogP contribution >= 0.6 is 0 Å². The van der Waals surface area contributed by atoms with Gasteiger partial charge in [0.15, 0.2) is 5.65 Å². The molecular formula is C28H34N6O3. The number of nitrogens with one attached hydrogen (secondary N) is 1. The molecule has 0 unspecified atom stereocenters. The van der Waals surface area contributed by atoms with E-state index in [1.165, 1.54) is 12.8 Å². The van der Waals surface area contributed by atoms with E-state index in [2.05, 4.69) is 15.1 Å². The van der Waals surface area contributed by atoms with Crippen LogP contribution in [0.2, 0.25) is 0 Å². The molecule has 3 aromatic heterocycles. The van der Waals surface area contributed by atoms with Gasteiger partial charge in [-0.1, -0.05) is 12.1 Å². The number of hydrogen-bond acceptors (Lipinski definition) is 6. The highest BCUT2D eigenvalue weighted by molar-refractivity contribution is 6.05. The van der Waals surface area contributed by atoms with Crippen LogP contribution in [-0.4, -0.2) is 77.2 Å². The van der Waals surface area contributed by atoms with Gasteiger partial charge in [-0.3, -0.25) is 14.0 Å². The number of amides is 1. The lowest BCUT2D eigenvalue weighted by Gasteiger charge is -2.25. The molecule has 2 saturated heterocycles. The van der Waals surface area contributed by atoms with Crippen LogP contribution in [0.3, 0.4) is 0 Å². The third-order valence-electron chi connectivity index (χ3n) is 7.95. The second-order valence-corrected chi connectivity index (χ2v) is 10.2. The van der Waals surface area contributed by atoms with Crippen molar-refractivity contribution < 1.29 is 9.53 Å². The zero-order chi connectivity index (χ0) is 25.5. The van der Waals surface area contributed by atoms with E-state index in [0.29, 0.717) is 29.8 Å². The van der Waals surface area contributed by atoms with Crippen molar-refractivity contribution in [3.63, 3.8) is 0 Å². The van der Waals surface area contributed by atoms with Gasteiger partial charge in [0.2, 0.25) is 5.43 Å². The highest BCUT2D eigenvalue weighted by atomic mass is 16.5. The van der Waals surface area contributed by atoms with Crippen molar-refractivity contribution in [1.29, 1.82) is 0 Å². The van der Waals surface area contributed by atoms with Gasteiger partial charge in [-0.25, -0.2) is 4.98 Å². The first-order valence-electron chi connectivity index (χ1n) is 13.3. The first-order valence-corrected chi connectivity index (χ1v) is 13.3. The number of imidazole rings is 1. The van der Waals surface area contributed by atoms with Crippen molar-refractivity contribution in [1.82, 2.24) is 24.2 Å². The number of carbonyl (C=O) groups excluding carboxylic acids is 1. The number of ether oxygens (including phenoxy) is 1. The van der Waals surface area contributed by atoms with E-state index in [-0.39, 0.29) is 22.9 Å². The molecule has 4 aromatic rings. The molecule has 0 spiro atoms. The van der Waals surface area contributed by atoms with Gasteiger partial charge in [0.25, 0.3) is 5.91 Å². The molecule has 0 aliphatic carbocycles. The zero-order valence-corrected chi connectivity index (χ0v) is 21.6. The normalized spacial score (nSPS) is 18.5. The Kier molecular flexibility index (Phi) is 6.34. The number of aryl methyl sites for hydroxylation is 1. The van der Waals surface area contributed by atoms with Gasteiger partial charge in [0, 0.05) is 33.8 Å². The van der Waals surface area contributed by atoms with Crippen LogP contribution in [0.5, 0.6) is 0 Å². The maximum atomic E-state index is 13.9. The molecule has 5 heterocycles. The van der Waals surface area contributed by atoms with Gasteiger partial charge in [-0.2, -0.15) is 0 Å². The summed E-state index contributed by atoms with van der Waals surface area (Å²) in [6, 6.07) is 12.0. The zero-order valence-electron chi connectivity index (χ0n) is 21.6. The molecule has 0 saturated carbocycles. The second-order valence-electron chi connectivity index (χ2n) is 10.2. The average molecular weight is 503 g/mol. The van der Waals surface area contributed by atoms with Crippen LogP contribution in [0.1, 0.15) is 36.0 Å². The number of anilines is 1. The molecule has 0 radical (unpaired) electrons. The Bertz CT molecular complexity index is 1530. The number of para-hydroxylation sites is 2. The number of hydrogen-bond donors (Lipinski definition) is 1. The molecule has 0 bridgehead atoms. The molecule has 1 N–H and O–H groups in total. The summed E-state index contributed by atoms with van der Waals surface area (Å²) in [6.45, 7) is 4.98. The topological polar surface area (TPSA) is 84.1 Å². The first-order chi connectivity index (χ1) is 18.1. The van der Waals surface area contributed by atoms with Gasteiger partial charge in [0.05, 0.1) is 29.1 Å². The third-order valence-corrected chi connectivity index (χ3v) is 7.95. The summed E-state index contributed by atoms with van der Waals surface area (Å²) in [5.74, 6) is 0.495. The number of likely N-dealkylation sites (tertiary alicyclic amines) is 1. The summed E-state index contributed by atoms with van der Waals surface area (Å²) in [5.41, 5.74) is 2.87. The summed E-state index contributed by atoms with van der Waals surface area (Å²) < 4.78 is 9.36. The van der Waals surface area contributed by atoms with Gasteiger partial charge < -0.3 is 24.4 Å². The molecule has 1 amide bonds. The summed E-state index contributed by atoms with van der Waals surface area (Å²) in [6.07, 6.45) is 4.53. The standard InChI is InChI=1S/C28H34N6O3/c1-31-21-9-3-4-10-22(21)34-26-20(11-12-23(30-26)33-16-7-8-19(33)18-37-2)25(35)24(28(31)34)27(36)29-13-17-32-14-5-6-15-32/h3-4,9-12,19H,5-8,13-18H2,1-2H3,(H,29,36)/t19-/m0/s1. The van der Waals surface area contributed by atoms with Crippen LogP contribution in [0.15, 0.2) is 41.2 Å². The van der Waals surface area contributed by atoms with E-state index in [4.69, 9.17) is 9.72 Å². The first kappa shape index (κ1) is 23.9. The SMILES string of the molecule is COC[C@@H]1CCCN1c1ccc2c(=O)c(C(=O)NCCN3CCCC3)c3n(C)c4ccccc4n3c2n1. The molecule has 6 rings (SSSR count). The predicted octanol–water partition coefficient (Wildman–Crippen LogP) is 2.78. The fourth-order valence-corrected chi connectivity index (χ4v) is 6.12. The lowest BCUT2D eigenvalue weighted by molar-refractivity contribution is 0.0950. The van der Waals surface area contributed by atoms with Crippen LogP contribution in [0.4, 0.5) is 5.82 Å². The Morgan fingerprint density at radius 2 is 1.86 bits per heavy atom. The van der Waals surface area contributed by atoms with Crippen LogP contribution in [-0.2, 0) is 11.8 Å². The minimum Gasteiger partial charge on any atom is -0.383 e. The monoisotopic (exact) mass is 502 g/mol. The molecule has 37 heavy (non-hydrogen) atoms. The maximum absolute atomic E-state index is 13.9. The van der Waals surface area contributed by atoms with E-state index in [1.54, 1.807) is 7.11 Å². The van der Waals surface area contributed by atoms with Crippen LogP contribution < -0.4 is 15.6 Å². The Labute approximate surface area is 215 Å². The van der Waals surface area contributed by atoms with E-state index in [0.717, 1.165) is 55.9 Å². The van der Waals surface area contributed by atoms with Crippen molar-refractivity contribution in [3.05, 3.63) is 52.2 Å². The number of methoxy groups -OCH3 is 1. The Hall–Kier alpha value is -3.43. The summed E-state index contributed by atoms with van der Waals surface area (Å²) in [7, 11) is 3.63. The molecule has 2 aliphatic rings. The van der Waals surface area contributed by atoms with Crippen molar-refractivity contribution in [2.75, 3.05) is 51.3 Å². The van der Waals surface area contributed by atoms with E-state index in [9.17, 15) is 9.59 Å². The summed E-state index contributed by atoms with van der Waals surface area (Å²) in [5, 5.41) is 3.47. The quantitative estimate of drug-likeness (QED) is 0.419. The number of pyridine rings is 2. The number of carbonyl (C=O) groups is 1. The van der Waals surface area contributed by atoms with Gasteiger partial charge in [0.1, 0.15) is 17.0 Å². The molecule has 9 heteroatoms. The molecule has 2 fully saturated rings. The average Bonchev–Trinajstić information content (AvgIpc) is 3.65. The minimum absolute atomic E-state index is 0.167. The van der Waals surface area contributed by atoms with E-state index < -0.39 is 0 Å². The number of aromatic nitrogens is 3. The van der Waals surface area contributed by atoms with E-state index in [1.807, 2.05) is 52.4 Å². The number of fused-ring (bicyclic) bond motifs is 5. The number of benzene rings is 1. The molecule has 1 atom stereocenters. The highest BCUT2D eigenvalue weighted by Crippen LogP contribution is 2.29. The molecule has 9 nitrogen and oxygen atoms in total. The van der Waals surface area contributed by atoms with Crippen LogP contribution in [0, 0.1) is 0 Å². The largest absolute Gasteiger partial charge is 0.383 e. The lowest BCUT2D eigenvalue weighted by atomic mass is 10.1. The number of nitrogens with zero attached hydrogens (tertiary/aromatic N) is 5.